The summed E-state index contributed by atoms with van der Waals surface area (Å²) in [5.41, 5.74) is 4.01. The largest absolute Gasteiger partial charge is 0.459 e. The molecule has 1 aliphatic rings. The maximum absolute atomic E-state index is 13.6. The zero-order valence-electron chi connectivity index (χ0n) is 16.8. The van der Waals surface area contributed by atoms with Crippen LogP contribution in [-0.4, -0.2) is 5.78 Å². The molecule has 148 valence electrons. The Kier molecular flexibility index (Phi) is 4.38. The van der Waals surface area contributed by atoms with Crippen molar-refractivity contribution in [3.8, 4) is 6.07 Å². The lowest BCUT2D eigenvalue weighted by molar-refractivity contribution is 0.101. The van der Waals surface area contributed by atoms with E-state index in [2.05, 4.69) is 6.07 Å². The van der Waals surface area contributed by atoms with Gasteiger partial charge in [-0.3, -0.25) is 9.59 Å². The molecule has 3 aromatic carbocycles. The van der Waals surface area contributed by atoms with Gasteiger partial charge in [-0.15, -0.1) is 0 Å². The van der Waals surface area contributed by atoms with Crippen molar-refractivity contribution in [2.24, 2.45) is 0 Å². The van der Waals surface area contributed by atoms with Gasteiger partial charge in [-0.2, -0.15) is 5.26 Å². The zero-order chi connectivity index (χ0) is 21.5. The summed E-state index contributed by atoms with van der Waals surface area (Å²) in [5, 5.41) is 10.2. The third kappa shape index (κ3) is 2.99. The van der Waals surface area contributed by atoms with Crippen molar-refractivity contribution in [3.63, 3.8) is 0 Å². The number of ketones is 1. The molecule has 31 heavy (non-hydrogen) atoms. The Morgan fingerprint density at radius 1 is 1.00 bits per heavy atom. The molecule has 0 saturated heterocycles. The van der Waals surface area contributed by atoms with Gasteiger partial charge in [0, 0.05) is 5.56 Å². The third-order valence-corrected chi connectivity index (χ3v) is 5.73. The normalized spacial score (nSPS) is 14.7. The van der Waals surface area contributed by atoms with Crippen molar-refractivity contribution in [2.75, 3.05) is 0 Å². The average Bonchev–Trinajstić information content (AvgIpc) is 2.94. The van der Waals surface area contributed by atoms with E-state index in [1.807, 2.05) is 54.6 Å². The molecule has 0 saturated carbocycles. The Bertz CT molecular complexity index is 1490. The van der Waals surface area contributed by atoms with Crippen molar-refractivity contribution in [1.82, 2.24) is 0 Å². The first-order chi connectivity index (χ1) is 15.1. The van der Waals surface area contributed by atoms with Crippen LogP contribution in [-0.2, 0) is 0 Å². The molecule has 0 aliphatic heterocycles. The van der Waals surface area contributed by atoms with E-state index >= 15 is 0 Å². The molecule has 0 spiro atoms. The summed E-state index contributed by atoms with van der Waals surface area (Å²) in [5.74, 6) is 0.0233. The number of hydrogen-bond donors (Lipinski definition) is 0. The lowest BCUT2D eigenvalue weighted by atomic mass is 9.85. The van der Waals surface area contributed by atoms with Gasteiger partial charge in [0.2, 0.25) is 0 Å². The van der Waals surface area contributed by atoms with E-state index < -0.39 is 0 Å². The van der Waals surface area contributed by atoms with E-state index in [9.17, 15) is 14.9 Å². The molecule has 1 heterocycles. The molecular weight excluding hydrogens is 386 g/mol. The standard InChI is InChI=1S/C27H17NO3/c1-16(29)18-11-12-24-22(13-18)26(30)23-14-19(15-28)20-9-5-6-10-21(20)25(27(23)31-24)17-7-3-2-4-8-17/h2-14,25H,1H3. The molecule has 0 bridgehead atoms. The van der Waals surface area contributed by atoms with Gasteiger partial charge in [-0.05, 0) is 47.9 Å². The zero-order valence-corrected chi connectivity index (χ0v) is 16.8. The summed E-state index contributed by atoms with van der Waals surface area (Å²) < 4.78 is 6.33. The first-order valence-electron chi connectivity index (χ1n) is 9.96. The second kappa shape index (κ2) is 7.23. The Morgan fingerprint density at radius 3 is 2.48 bits per heavy atom. The Morgan fingerprint density at radius 2 is 1.74 bits per heavy atom. The van der Waals surface area contributed by atoms with Crippen LogP contribution < -0.4 is 5.43 Å². The minimum atomic E-state index is -0.348. The van der Waals surface area contributed by atoms with Crippen LogP contribution in [0.15, 0.2) is 82.0 Å². The minimum Gasteiger partial charge on any atom is -0.459 e. The molecule has 0 N–H and O–H groups in total. The summed E-state index contributed by atoms with van der Waals surface area (Å²) in [6.07, 6.45) is 1.61. The molecule has 4 nitrogen and oxygen atoms in total. The number of nitrogens with zero attached hydrogens (tertiary/aromatic N) is 1. The number of hydrogen-bond acceptors (Lipinski definition) is 4. The summed E-state index contributed by atoms with van der Waals surface area (Å²) in [4.78, 5) is 25.4. The molecule has 4 heteroatoms. The highest BCUT2D eigenvalue weighted by Crippen LogP contribution is 2.41. The smallest absolute Gasteiger partial charge is 0.200 e. The maximum Gasteiger partial charge on any atom is 0.200 e. The number of fused-ring (bicyclic) bond motifs is 3. The number of benzene rings is 3. The van der Waals surface area contributed by atoms with Crippen molar-refractivity contribution in [3.05, 3.63) is 117 Å². The number of allylic oxidation sites excluding steroid dienone is 1. The maximum atomic E-state index is 13.6. The van der Waals surface area contributed by atoms with Crippen LogP contribution in [0.3, 0.4) is 0 Å². The van der Waals surface area contributed by atoms with E-state index in [-0.39, 0.29) is 17.1 Å². The fourth-order valence-electron chi connectivity index (χ4n) is 4.22. The minimum absolute atomic E-state index is 0.126. The quantitative estimate of drug-likeness (QED) is 0.411. The molecule has 1 atom stereocenters. The third-order valence-electron chi connectivity index (χ3n) is 5.73. The molecule has 0 fully saturated rings. The molecule has 1 aliphatic carbocycles. The summed E-state index contributed by atoms with van der Waals surface area (Å²) in [7, 11) is 0. The molecule has 1 aromatic heterocycles. The van der Waals surface area contributed by atoms with Crippen molar-refractivity contribution in [2.45, 2.75) is 12.8 Å². The molecule has 0 amide bonds. The van der Waals surface area contributed by atoms with Crippen LogP contribution in [0.25, 0.3) is 22.6 Å². The van der Waals surface area contributed by atoms with Crippen molar-refractivity contribution >= 4 is 28.4 Å². The Hall–Kier alpha value is -4.23. The fraction of sp³-hybridized carbons (Fsp3) is 0.0741. The van der Waals surface area contributed by atoms with E-state index in [4.69, 9.17) is 4.42 Å². The lowest BCUT2D eigenvalue weighted by Gasteiger charge is -2.20. The van der Waals surface area contributed by atoms with E-state index in [0.29, 0.717) is 33.4 Å². The molecule has 4 aromatic rings. The SMILES string of the molecule is CC(=O)c1ccc2oc3c(c(=O)c2c1)C=C(C#N)c1ccccc1C3c1ccccc1. The lowest BCUT2D eigenvalue weighted by Crippen LogP contribution is -2.14. The summed E-state index contributed by atoms with van der Waals surface area (Å²) in [6.45, 7) is 1.46. The number of nitriles is 1. The van der Waals surface area contributed by atoms with Gasteiger partial charge >= 0.3 is 0 Å². The second-order valence-corrected chi connectivity index (χ2v) is 7.58. The van der Waals surface area contributed by atoms with Gasteiger partial charge < -0.3 is 4.42 Å². The predicted molar refractivity (Wildman–Crippen MR) is 120 cm³/mol. The average molecular weight is 403 g/mol. The van der Waals surface area contributed by atoms with Crippen LogP contribution >= 0.6 is 0 Å². The first-order valence-corrected chi connectivity index (χ1v) is 9.96. The van der Waals surface area contributed by atoms with E-state index in [1.54, 1.807) is 24.3 Å². The topological polar surface area (TPSA) is 71.1 Å². The van der Waals surface area contributed by atoms with E-state index in [1.165, 1.54) is 6.92 Å². The van der Waals surface area contributed by atoms with Gasteiger partial charge in [-0.25, -0.2) is 0 Å². The van der Waals surface area contributed by atoms with Crippen molar-refractivity contribution in [1.29, 1.82) is 5.26 Å². The predicted octanol–water partition coefficient (Wildman–Crippen LogP) is 5.55. The summed E-state index contributed by atoms with van der Waals surface area (Å²) >= 11 is 0. The van der Waals surface area contributed by atoms with Crippen LogP contribution in [0.5, 0.6) is 0 Å². The van der Waals surface area contributed by atoms with Crippen LogP contribution in [0.2, 0.25) is 0 Å². The van der Waals surface area contributed by atoms with Gasteiger partial charge in [0.15, 0.2) is 11.2 Å². The molecular formula is C27H17NO3. The highest BCUT2D eigenvalue weighted by atomic mass is 16.3. The molecule has 1 unspecified atom stereocenters. The fourth-order valence-corrected chi connectivity index (χ4v) is 4.22. The second-order valence-electron chi connectivity index (χ2n) is 7.58. The highest BCUT2D eigenvalue weighted by molar-refractivity contribution is 5.99. The summed E-state index contributed by atoms with van der Waals surface area (Å²) in [6, 6.07) is 24.6. The van der Waals surface area contributed by atoms with Gasteiger partial charge in [0.1, 0.15) is 11.3 Å². The number of carbonyl (C=O) groups excluding carboxylic acids is 1. The van der Waals surface area contributed by atoms with Crippen LogP contribution in [0, 0.1) is 11.3 Å². The monoisotopic (exact) mass is 403 g/mol. The number of Topliss-reactive ketones (excluding diaryl/α,β-unsaturated/α-hetero) is 1. The number of carbonyl (C=O) groups is 1. The highest BCUT2D eigenvalue weighted by Gasteiger charge is 2.30. The number of rotatable bonds is 2. The Balaban J connectivity index is 1.92. The molecule has 5 rings (SSSR count). The van der Waals surface area contributed by atoms with Gasteiger partial charge in [-0.1, -0.05) is 54.6 Å². The van der Waals surface area contributed by atoms with Crippen LogP contribution in [0.4, 0.5) is 0 Å². The van der Waals surface area contributed by atoms with Gasteiger partial charge in [0.25, 0.3) is 0 Å². The molecule has 0 radical (unpaired) electrons. The van der Waals surface area contributed by atoms with E-state index in [0.717, 1.165) is 16.7 Å². The Labute approximate surface area is 178 Å². The van der Waals surface area contributed by atoms with Crippen molar-refractivity contribution < 1.29 is 9.21 Å². The van der Waals surface area contributed by atoms with Crippen LogP contribution in [0.1, 0.15) is 51.2 Å². The van der Waals surface area contributed by atoms with Gasteiger partial charge in [0.05, 0.1) is 28.5 Å². The first kappa shape index (κ1) is 18.8.